The molecule has 3 heteroatoms. The van der Waals surface area contributed by atoms with Gasteiger partial charge in [-0.15, -0.1) is 0 Å². The number of halogens is 1. The number of hydrogen-bond donors (Lipinski definition) is 0. The third-order valence-electron chi connectivity index (χ3n) is 3.50. The van der Waals surface area contributed by atoms with Crippen LogP contribution in [-0.4, -0.2) is 13.0 Å². The first-order valence-electron chi connectivity index (χ1n) is 6.67. The summed E-state index contributed by atoms with van der Waals surface area (Å²) < 4.78 is 0.903. The van der Waals surface area contributed by atoms with Gasteiger partial charge in [-0.25, -0.2) is 0 Å². The Balaban J connectivity index is 1.96. The van der Waals surface area contributed by atoms with Crippen LogP contribution in [0.3, 0.4) is 0 Å². The summed E-state index contributed by atoms with van der Waals surface area (Å²) in [6, 6.07) is 21.6. The normalized spacial score (nSPS) is 10.6. The van der Waals surface area contributed by atoms with Crippen molar-refractivity contribution in [2.24, 2.45) is 0 Å². The first-order valence-corrected chi connectivity index (χ1v) is 7.47. The van der Waals surface area contributed by atoms with Crippen LogP contribution in [0.1, 0.15) is 10.4 Å². The van der Waals surface area contributed by atoms with Gasteiger partial charge in [-0.05, 0) is 41.1 Å². The van der Waals surface area contributed by atoms with E-state index in [1.807, 2.05) is 54.6 Å². The molecular weight excluding hydrogens is 326 g/mol. The minimum Gasteiger partial charge on any atom is -0.311 e. The average molecular weight is 340 g/mol. The van der Waals surface area contributed by atoms with E-state index in [0.717, 1.165) is 15.5 Å². The summed E-state index contributed by atoms with van der Waals surface area (Å²) in [4.78, 5) is 14.2. The molecule has 0 aromatic heterocycles. The highest BCUT2D eigenvalue weighted by Crippen LogP contribution is 2.23. The summed E-state index contributed by atoms with van der Waals surface area (Å²) in [6.45, 7) is 0. The summed E-state index contributed by atoms with van der Waals surface area (Å²) in [7, 11) is 1.80. The molecule has 0 radical (unpaired) electrons. The Kier molecular flexibility index (Phi) is 3.76. The van der Waals surface area contributed by atoms with Crippen LogP contribution in [0.4, 0.5) is 5.69 Å². The second-order valence-electron chi connectivity index (χ2n) is 4.91. The number of benzene rings is 3. The zero-order valence-corrected chi connectivity index (χ0v) is 13.2. The van der Waals surface area contributed by atoms with Gasteiger partial charge in [0, 0.05) is 22.8 Å². The van der Waals surface area contributed by atoms with Gasteiger partial charge in [0.05, 0.1) is 0 Å². The zero-order valence-electron chi connectivity index (χ0n) is 11.6. The molecule has 0 heterocycles. The lowest BCUT2D eigenvalue weighted by atomic mass is 10.1. The van der Waals surface area contributed by atoms with Crippen LogP contribution >= 0.6 is 15.9 Å². The monoisotopic (exact) mass is 339 g/mol. The molecule has 0 aliphatic heterocycles. The minimum absolute atomic E-state index is 0.0217. The van der Waals surface area contributed by atoms with E-state index < -0.39 is 0 Å². The Hall–Kier alpha value is -2.13. The van der Waals surface area contributed by atoms with Crippen molar-refractivity contribution >= 4 is 38.3 Å². The molecule has 0 atom stereocenters. The molecule has 0 fully saturated rings. The van der Waals surface area contributed by atoms with Gasteiger partial charge in [-0.3, -0.25) is 4.79 Å². The van der Waals surface area contributed by atoms with Crippen LogP contribution in [0.15, 0.2) is 71.2 Å². The van der Waals surface area contributed by atoms with Crippen molar-refractivity contribution in [1.82, 2.24) is 0 Å². The maximum absolute atomic E-state index is 12.5. The van der Waals surface area contributed by atoms with Gasteiger partial charge in [0.25, 0.3) is 5.91 Å². The molecule has 0 aliphatic rings. The first kappa shape index (κ1) is 13.8. The number of amides is 1. The van der Waals surface area contributed by atoms with Gasteiger partial charge < -0.3 is 4.90 Å². The highest BCUT2D eigenvalue weighted by atomic mass is 79.9. The largest absolute Gasteiger partial charge is 0.311 e. The topological polar surface area (TPSA) is 20.3 Å². The SMILES string of the molecule is CN(C(=O)c1cccc(Br)c1)c1ccc2ccccc2c1. The van der Waals surface area contributed by atoms with E-state index >= 15 is 0 Å². The van der Waals surface area contributed by atoms with E-state index in [1.165, 1.54) is 5.39 Å². The molecule has 2 nitrogen and oxygen atoms in total. The molecule has 0 bridgehead atoms. The minimum atomic E-state index is -0.0217. The van der Waals surface area contributed by atoms with Crippen LogP contribution in [0.25, 0.3) is 10.8 Å². The Morgan fingerprint density at radius 1 is 0.905 bits per heavy atom. The van der Waals surface area contributed by atoms with Crippen molar-refractivity contribution < 1.29 is 4.79 Å². The first-order chi connectivity index (χ1) is 10.1. The second kappa shape index (κ2) is 5.70. The van der Waals surface area contributed by atoms with Gasteiger partial charge in [0.2, 0.25) is 0 Å². The maximum Gasteiger partial charge on any atom is 0.258 e. The molecule has 0 unspecified atom stereocenters. The highest BCUT2D eigenvalue weighted by molar-refractivity contribution is 9.10. The molecule has 3 aromatic carbocycles. The van der Waals surface area contributed by atoms with Crippen molar-refractivity contribution in [2.45, 2.75) is 0 Å². The molecule has 104 valence electrons. The molecule has 0 saturated heterocycles. The van der Waals surface area contributed by atoms with E-state index in [-0.39, 0.29) is 5.91 Å². The van der Waals surface area contributed by atoms with Crippen LogP contribution in [0.5, 0.6) is 0 Å². The lowest BCUT2D eigenvalue weighted by Gasteiger charge is -2.18. The molecule has 0 aliphatic carbocycles. The van der Waals surface area contributed by atoms with E-state index in [4.69, 9.17) is 0 Å². The lowest BCUT2D eigenvalue weighted by Crippen LogP contribution is -2.26. The summed E-state index contributed by atoms with van der Waals surface area (Å²) in [5.41, 5.74) is 1.55. The van der Waals surface area contributed by atoms with Crippen molar-refractivity contribution in [2.75, 3.05) is 11.9 Å². The summed E-state index contributed by atoms with van der Waals surface area (Å²) in [5, 5.41) is 2.30. The maximum atomic E-state index is 12.5. The lowest BCUT2D eigenvalue weighted by molar-refractivity contribution is 0.0993. The number of fused-ring (bicyclic) bond motifs is 1. The van der Waals surface area contributed by atoms with E-state index in [9.17, 15) is 4.79 Å². The Morgan fingerprint density at radius 3 is 2.43 bits per heavy atom. The van der Waals surface area contributed by atoms with Crippen LogP contribution < -0.4 is 4.90 Å². The molecule has 0 N–H and O–H groups in total. The predicted octanol–water partition coefficient (Wildman–Crippen LogP) is 4.88. The fraction of sp³-hybridized carbons (Fsp3) is 0.0556. The van der Waals surface area contributed by atoms with Crippen LogP contribution in [0.2, 0.25) is 0 Å². The zero-order chi connectivity index (χ0) is 14.8. The number of nitrogens with zero attached hydrogens (tertiary/aromatic N) is 1. The smallest absolute Gasteiger partial charge is 0.258 e. The third-order valence-corrected chi connectivity index (χ3v) is 3.99. The molecule has 3 rings (SSSR count). The number of hydrogen-bond acceptors (Lipinski definition) is 1. The molecule has 0 saturated carbocycles. The van der Waals surface area contributed by atoms with Crippen LogP contribution in [-0.2, 0) is 0 Å². The van der Waals surface area contributed by atoms with Gasteiger partial charge in [0.1, 0.15) is 0 Å². The number of rotatable bonds is 2. The predicted molar refractivity (Wildman–Crippen MR) is 90.8 cm³/mol. The van der Waals surface area contributed by atoms with E-state index in [1.54, 1.807) is 11.9 Å². The Bertz CT molecular complexity index is 813. The quantitative estimate of drug-likeness (QED) is 0.651. The standard InChI is InChI=1S/C18H14BrNO/c1-20(18(21)15-7-4-8-16(19)11-15)17-10-9-13-5-2-3-6-14(13)12-17/h2-12H,1H3. The summed E-state index contributed by atoms with van der Waals surface area (Å²) >= 11 is 3.40. The summed E-state index contributed by atoms with van der Waals surface area (Å²) in [5.74, 6) is -0.0217. The second-order valence-corrected chi connectivity index (χ2v) is 5.82. The highest BCUT2D eigenvalue weighted by Gasteiger charge is 2.13. The van der Waals surface area contributed by atoms with E-state index in [2.05, 4.69) is 28.1 Å². The van der Waals surface area contributed by atoms with Crippen molar-refractivity contribution in [3.63, 3.8) is 0 Å². The number of carbonyl (C=O) groups excluding carboxylic acids is 1. The molecule has 21 heavy (non-hydrogen) atoms. The summed E-state index contributed by atoms with van der Waals surface area (Å²) in [6.07, 6.45) is 0. The molecule has 3 aromatic rings. The van der Waals surface area contributed by atoms with E-state index in [0.29, 0.717) is 5.56 Å². The number of carbonyl (C=O) groups is 1. The molecule has 1 amide bonds. The average Bonchev–Trinajstić information content (AvgIpc) is 2.53. The fourth-order valence-corrected chi connectivity index (χ4v) is 2.72. The molecular formula is C18H14BrNO. The molecule has 0 spiro atoms. The fourth-order valence-electron chi connectivity index (χ4n) is 2.32. The Morgan fingerprint density at radius 2 is 1.67 bits per heavy atom. The van der Waals surface area contributed by atoms with Gasteiger partial charge in [0.15, 0.2) is 0 Å². The van der Waals surface area contributed by atoms with Crippen molar-refractivity contribution in [3.05, 3.63) is 76.8 Å². The van der Waals surface area contributed by atoms with Gasteiger partial charge in [-0.2, -0.15) is 0 Å². The van der Waals surface area contributed by atoms with Crippen molar-refractivity contribution in [3.8, 4) is 0 Å². The Labute approximate surface area is 132 Å². The van der Waals surface area contributed by atoms with Gasteiger partial charge >= 0.3 is 0 Å². The van der Waals surface area contributed by atoms with Gasteiger partial charge in [-0.1, -0.05) is 52.3 Å². The van der Waals surface area contributed by atoms with Crippen LogP contribution in [0, 0.1) is 0 Å². The third kappa shape index (κ3) is 2.83. The number of anilines is 1. The van der Waals surface area contributed by atoms with Crippen molar-refractivity contribution in [1.29, 1.82) is 0 Å².